The quantitative estimate of drug-likeness (QED) is 0.277. The molecule has 0 bridgehead atoms. The van der Waals surface area contributed by atoms with Crippen molar-refractivity contribution < 1.29 is 4.79 Å². The Morgan fingerprint density at radius 1 is 1.50 bits per heavy atom. The van der Waals surface area contributed by atoms with Gasteiger partial charge in [-0.15, -0.1) is 0 Å². The number of amides is 2. The maximum absolute atomic E-state index is 10.8. The highest BCUT2D eigenvalue weighted by Crippen LogP contribution is 2.07. The first-order chi connectivity index (χ1) is 5.72. The van der Waals surface area contributed by atoms with Gasteiger partial charge in [-0.3, -0.25) is 5.43 Å². The van der Waals surface area contributed by atoms with Crippen LogP contribution in [-0.4, -0.2) is 37.1 Å². The summed E-state index contributed by atoms with van der Waals surface area (Å²) in [5.74, 6) is 4.94. The zero-order valence-electron chi connectivity index (χ0n) is 7.34. The molecule has 1 rings (SSSR count). The molecule has 4 N–H and O–H groups in total. The first-order valence-corrected chi connectivity index (χ1v) is 4.18. The zero-order valence-corrected chi connectivity index (χ0v) is 7.34. The molecule has 1 heterocycles. The number of piperidine rings is 1. The standard InChI is InChI=1S/C7H16N4O/c1-11-4-2-6(3-5-11)9-7(12)10-8/h6H,2-5,8H2,1H3,(H2,9,10,12). The van der Waals surface area contributed by atoms with Crippen LogP contribution in [0.2, 0.25) is 0 Å². The van der Waals surface area contributed by atoms with E-state index in [2.05, 4.69) is 22.7 Å². The fraction of sp³-hybridized carbons (Fsp3) is 0.857. The molecule has 0 aliphatic carbocycles. The van der Waals surface area contributed by atoms with Crippen LogP contribution in [0.1, 0.15) is 12.8 Å². The van der Waals surface area contributed by atoms with Gasteiger partial charge >= 0.3 is 6.03 Å². The molecule has 1 saturated heterocycles. The first kappa shape index (κ1) is 9.28. The van der Waals surface area contributed by atoms with E-state index >= 15 is 0 Å². The van der Waals surface area contributed by atoms with Crippen molar-refractivity contribution in [3.63, 3.8) is 0 Å². The van der Waals surface area contributed by atoms with E-state index in [1.54, 1.807) is 0 Å². The molecule has 1 fully saturated rings. The third-order valence-electron chi connectivity index (χ3n) is 2.18. The van der Waals surface area contributed by atoms with Crippen LogP contribution in [0.3, 0.4) is 0 Å². The van der Waals surface area contributed by atoms with Crippen molar-refractivity contribution in [1.82, 2.24) is 15.6 Å². The van der Waals surface area contributed by atoms with Crippen LogP contribution in [-0.2, 0) is 0 Å². The summed E-state index contributed by atoms with van der Waals surface area (Å²) in [6.07, 6.45) is 2.01. The van der Waals surface area contributed by atoms with E-state index in [9.17, 15) is 4.79 Å². The van der Waals surface area contributed by atoms with Crippen LogP contribution in [0.15, 0.2) is 0 Å². The number of carbonyl (C=O) groups is 1. The molecule has 2 amide bonds. The Kier molecular flexibility index (Phi) is 3.31. The molecule has 0 spiro atoms. The van der Waals surface area contributed by atoms with Crippen molar-refractivity contribution in [2.75, 3.05) is 20.1 Å². The summed E-state index contributed by atoms with van der Waals surface area (Å²) in [5.41, 5.74) is 2.06. The van der Waals surface area contributed by atoms with E-state index in [0.29, 0.717) is 0 Å². The highest BCUT2D eigenvalue weighted by molar-refractivity contribution is 5.73. The number of carbonyl (C=O) groups excluding carboxylic acids is 1. The molecule has 1 aliphatic heterocycles. The maximum atomic E-state index is 10.8. The van der Waals surface area contributed by atoms with Crippen LogP contribution in [0.4, 0.5) is 4.79 Å². The molecule has 5 nitrogen and oxygen atoms in total. The molecule has 70 valence electrons. The Bertz CT molecular complexity index is 153. The van der Waals surface area contributed by atoms with E-state index < -0.39 is 0 Å². The normalized spacial score (nSPS) is 20.5. The van der Waals surface area contributed by atoms with Crippen molar-refractivity contribution in [2.24, 2.45) is 5.84 Å². The number of hydrazine groups is 1. The van der Waals surface area contributed by atoms with Gasteiger partial charge in [-0.1, -0.05) is 0 Å². The van der Waals surface area contributed by atoms with Gasteiger partial charge < -0.3 is 10.2 Å². The van der Waals surface area contributed by atoms with Crippen LogP contribution < -0.4 is 16.6 Å². The fourth-order valence-corrected chi connectivity index (χ4v) is 1.38. The number of hydrogen-bond donors (Lipinski definition) is 3. The maximum Gasteiger partial charge on any atom is 0.329 e. The summed E-state index contributed by atoms with van der Waals surface area (Å²) in [6.45, 7) is 2.07. The summed E-state index contributed by atoms with van der Waals surface area (Å²) in [7, 11) is 2.08. The number of likely N-dealkylation sites (tertiary alicyclic amines) is 1. The first-order valence-electron chi connectivity index (χ1n) is 4.18. The molecule has 0 aromatic rings. The highest BCUT2D eigenvalue weighted by atomic mass is 16.2. The molecule has 0 unspecified atom stereocenters. The SMILES string of the molecule is CN1CCC(NC(=O)NN)CC1. The van der Waals surface area contributed by atoms with Crippen LogP contribution >= 0.6 is 0 Å². The largest absolute Gasteiger partial charge is 0.334 e. The van der Waals surface area contributed by atoms with Gasteiger partial charge in [0.05, 0.1) is 0 Å². The van der Waals surface area contributed by atoms with Gasteiger partial charge in [0.15, 0.2) is 0 Å². The van der Waals surface area contributed by atoms with E-state index in [1.807, 2.05) is 0 Å². The minimum Gasteiger partial charge on any atom is -0.334 e. The molecule has 0 radical (unpaired) electrons. The number of nitrogens with two attached hydrogens (primary N) is 1. The second-order valence-electron chi connectivity index (χ2n) is 3.20. The average Bonchev–Trinajstić information content (AvgIpc) is 2.09. The van der Waals surface area contributed by atoms with E-state index in [-0.39, 0.29) is 12.1 Å². The number of urea groups is 1. The summed E-state index contributed by atoms with van der Waals surface area (Å²) in [5, 5.41) is 2.79. The molecule has 0 aromatic heterocycles. The molecule has 5 heteroatoms. The third-order valence-corrected chi connectivity index (χ3v) is 2.18. The lowest BCUT2D eigenvalue weighted by atomic mass is 10.1. The monoisotopic (exact) mass is 172 g/mol. The fourth-order valence-electron chi connectivity index (χ4n) is 1.38. The second-order valence-corrected chi connectivity index (χ2v) is 3.20. The number of rotatable bonds is 1. The zero-order chi connectivity index (χ0) is 8.97. The highest BCUT2D eigenvalue weighted by Gasteiger charge is 2.17. The van der Waals surface area contributed by atoms with Gasteiger partial charge in [0, 0.05) is 6.04 Å². The molecule has 0 saturated carbocycles. The topological polar surface area (TPSA) is 70.4 Å². The summed E-state index contributed by atoms with van der Waals surface area (Å²) >= 11 is 0. The molecule has 1 aliphatic rings. The van der Waals surface area contributed by atoms with Crippen LogP contribution in [0, 0.1) is 0 Å². The Morgan fingerprint density at radius 2 is 2.08 bits per heavy atom. The number of hydrogen-bond acceptors (Lipinski definition) is 3. The van der Waals surface area contributed by atoms with Crippen LogP contribution in [0.25, 0.3) is 0 Å². The average molecular weight is 172 g/mol. The predicted octanol–water partition coefficient (Wildman–Crippen LogP) is -0.746. The molecular weight excluding hydrogens is 156 g/mol. The Balaban J connectivity index is 2.21. The van der Waals surface area contributed by atoms with Gasteiger partial charge in [-0.05, 0) is 33.0 Å². The second kappa shape index (κ2) is 4.27. The molecule has 0 atom stereocenters. The minimum absolute atomic E-state index is 0.282. The Labute approximate surface area is 72.3 Å². The van der Waals surface area contributed by atoms with Crippen molar-refractivity contribution in [1.29, 1.82) is 0 Å². The van der Waals surface area contributed by atoms with Crippen LogP contribution in [0.5, 0.6) is 0 Å². The van der Waals surface area contributed by atoms with Crippen molar-refractivity contribution in [3.8, 4) is 0 Å². The number of nitrogens with zero attached hydrogens (tertiary/aromatic N) is 1. The lowest BCUT2D eigenvalue weighted by Crippen LogP contribution is -2.48. The summed E-state index contributed by atoms with van der Waals surface area (Å²) in [4.78, 5) is 13.0. The van der Waals surface area contributed by atoms with E-state index in [0.717, 1.165) is 25.9 Å². The predicted molar refractivity (Wildman–Crippen MR) is 46.4 cm³/mol. The van der Waals surface area contributed by atoms with Crippen molar-refractivity contribution in [2.45, 2.75) is 18.9 Å². The summed E-state index contributed by atoms with van der Waals surface area (Å²) < 4.78 is 0. The van der Waals surface area contributed by atoms with Gasteiger partial charge in [0.25, 0.3) is 0 Å². The van der Waals surface area contributed by atoms with E-state index in [1.165, 1.54) is 0 Å². The molecule has 0 aromatic carbocycles. The van der Waals surface area contributed by atoms with Gasteiger partial charge in [-0.25, -0.2) is 10.6 Å². The summed E-state index contributed by atoms with van der Waals surface area (Å²) in [6, 6.07) is -0.00527. The van der Waals surface area contributed by atoms with Crippen molar-refractivity contribution >= 4 is 6.03 Å². The Morgan fingerprint density at radius 3 is 2.58 bits per heavy atom. The number of nitrogens with one attached hydrogen (secondary N) is 2. The third kappa shape index (κ3) is 2.67. The smallest absolute Gasteiger partial charge is 0.329 e. The molecule has 12 heavy (non-hydrogen) atoms. The Hall–Kier alpha value is -0.810. The minimum atomic E-state index is -0.287. The lowest BCUT2D eigenvalue weighted by Gasteiger charge is -2.29. The lowest BCUT2D eigenvalue weighted by molar-refractivity contribution is 0.214. The van der Waals surface area contributed by atoms with E-state index in [4.69, 9.17) is 5.84 Å². The van der Waals surface area contributed by atoms with Gasteiger partial charge in [0.2, 0.25) is 0 Å². The van der Waals surface area contributed by atoms with Gasteiger partial charge in [0.1, 0.15) is 0 Å². The van der Waals surface area contributed by atoms with Gasteiger partial charge in [-0.2, -0.15) is 0 Å². The van der Waals surface area contributed by atoms with Crippen molar-refractivity contribution in [3.05, 3.63) is 0 Å². The molecular formula is C7H16N4O.